The number of hydrogen-bond donors (Lipinski definition) is 1. The van der Waals surface area contributed by atoms with Crippen LogP contribution in [0.5, 0.6) is 0 Å². The molecule has 0 saturated heterocycles. The highest BCUT2D eigenvalue weighted by Crippen LogP contribution is 2.60. The first-order valence-corrected chi connectivity index (χ1v) is 11.2. The van der Waals surface area contributed by atoms with Crippen molar-refractivity contribution < 1.29 is 4.79 Å². The van der Waals surface area contributed by atoms with Gasteiger partial charge in [0.15, 0.2) is 0 Å². The number of nitriles is 1. The Labute approximate surface area is 158 Å². The van der Waals surface area contributed by atoms with Gasteiger partial charge in [-0.2, -0.15) is 5.26 Å². The van der Waals surface area contributed by atoms with E-state index in [1.807, 2.05) is 36.0 Å². The van der Waals surface area contributed by atoms with E-state index in [9.17, 15) is 4.79 Å². The molecular weight excluding hydrogens is 348 g/mol. The lowest BCUT2D eigenvalue weighted by molar-refractivity contribution is -0.113. The van der Waals surface area contributed by atoms with E-state index < -0.39 is 0 Å². The zero-order valence-corrected chi connectivity index (χ0v) is 16.0. The highest BCUT2D eigenvalue weighted by molar-refractivity contribution is 8.01. The molecule has 25 heavy (non-hydrogen) atoms. The van der Waals surface area contributed by atoms with Crippen LogP contribution in [0.1, 0.15) is 38.5 Å². The molecule has 3 nitrogen and oxygen atoms in total. The van der Waals surface area contributed by atoms with Crippen LogP contribution in [0.15, 0.2) is 29.2 Å². The van der Waals surface area contributed by atoms with Crippen LogP contribution in [0, 0.1) is 29.1 Å². The zero-order chi connectivity index (χ0) is 17.3. The predicted molar refractivity (Wildman–Crippen MR) is 105 cm³/mol. The van der Waals surface area contributed by atoms with Gasteiger partial charge in [-0.05, 0) is 68.4 Å². The highest BCUT2D eigenvalue weighted by Gasteiger charge is 2.51. The summed E-state index contributed by atoms with van der Waals surface area (Å²) in [5, 5.41) is 11.8. The number of carbonyl (C=O) groups is 1. The fourth-order valence-electron chi connectivity index (χ4n) is 5.42. The summed E-state index contributed by atoms with van der Waals surface area (Å²) in [4.78, 5) is 13.5. The van der Waals surface area contributed by atoms with Gasteiger partial charge in [0.05, 0.1) is 23.3 Å². The van der Waals surface area contributed by atoms with Gasteiger partial charge in [0, 0.05) is 9.64 Å². The van der Waals surface area contributed by atoms with E-state index >= 15 is 0 Å². The number of carbonyl (C=O) groups excluding carboxylic acids is 1. The predicted octanol–water partition coefficient (Wildman–Crippen LogP) is 4.94. The fourth-order valence-corrected chi connectivity index (χ4v) is 7.66. The minimum absolute atomic E-state index is 0.0887. The number of nitrogens with one attached hydrogen (secondary N) is 1. The third-order valence-corrected chi connectivity index (χ3v) is 8.40. The van der Waals surface area contributed by atoms with Crippen molar-refractivity contribution in [2.75, 3.05) is 16.8 Å². The summed E-state index contributed by atoms with van der Waals surface area (Å²) >= 11 is 3.39. The van der Waals surface area contributed by atoms with Gasteiger partial charge >= 0.3 is 0 Å². The van der Waals surface area contributed by atoms with Crippen molar-refractivity contribution in [3.8, 4) is 6.07 Å². The van der Waals surface area contributed by atoms with Crippen molar-refractivity contribution >= 4 is 35.1 Å². The smallest absolute Gasteiger partial charge is 0.234 e. The Balaban J connectivity index is 1.35. The normalized spacial score (nSPS) is 32.4. The minimum Gasteiger partial charge on any atom is -0.324 e. The molecule has 0 radical (unpaired) electrons. The quantitative estimate of drug-likeness (QED) is 0.718. The summed E-state index contributed by atoms with van der Waals surface area (Å²) in [5.41, 5.74) is 0.832. The van der Waals surface area contributed by atoms with Crippen LogP contribution in [-0.4, -0.2) is 22.2 Å². The molecule has 132 valence electrons. The van der Waals surface area contributed by atoms with Crippen LogP contribution in [0.2, 0.25) is 0 Å². The second-order valence-electron chi connectivity index (χ2n) is 7.88. The number of hydrogen-bond acceptors (Lipinski definition) is 4. The molecule has 4 bridgehead atoms. The molecule has 4 aliphatic carbocycles. The molecule has 1 N–H and O–H groups in total. The van der Waals surface area contributed by atoms with Crippen molar-refractivity contribution in [1.82, 2.24) is 0 Å². The van der Waals surface area contributed by atoms with Crippen molar-refractivity contribution in [3.05, 3.63) is 24.3 Å². The Morgan fingerprint density at radius 1 is 1.16 bits per heavy atom. The number of benzene rings is 1. The zero-order valence-electron chi connectivity index (χ0n) is 14.4. The van der Waals surface area contributed by atoms with Crippen LogP contribution in [0.3, 0.4) is 0 Å². The number of nitrogens with zero attached hydrogens (tertiary/aromatic N) is 1. The molecule has 0 aliphatic heterocycles. The molecule has 1 aromatic carbocycles. The molecule has 0 heterocycles. The Kier molecular flexibility index (Phi) is 5.01. The summed E-state index contributed by atoms with van der Waals surface area (Å²) in [6.07, 6.45) is 8.29. The first-order chi connectivity index (χ1) is 12.2. The number of amides is 1. The molecular formula is C20H24N2OS2. The van der Waals surface area contributed by atoms with Crippen LogP contribution in [-0.2, 0) is 4.79 Å². The number of anilines is 1. The van der Waals surface area contributed by atoms with Crippen LogP contribution < -0.4 is 5.32 Å². The fraction of sp³-hybridized carbons (Fsp3) is 0.600. The van der Waals surface area contributed by atoms with Gasteiger partial charge in [-0.25, -0.2) is 0 Å². The monoisotopic (exact) mass is 372 g/mol. The van der Waals surface area contributed by atoms with E-state index in [1.54, 1.807) is 0 Å². The number of para-hydroxylation sites is 1. The summed E-state index contributed by atoms with van der Waals surface area (Å²) in [6, 6.07) is 9.90. The SMILES string of the molecule is N#CCSc1ccccc1NC(=O)CSC12CC3CC(CC(C3)C1)C2. The standard InChI is InChI=1S/C20H24N2OS2/c21-5-6-24-18-4-2-1-3-17(18)22-19(23)13-25-20-10-14-7-15(11-20)9-16(8-14)12-20/h1-4,14-16H,6-13H2,(H,22,23). The molecule has 1 aromatic rings. The maximum absolute atomic E-state index is 12.5. The summed E-state index contributed by atoms with van der Waals surface area (Å²) in [6.45, 7) is 0. The van der Waals surface area contributed by atoms with Gasteiger partial charge in [0.1, 0.15) is 0 Å². The summed E-state index contributed by atoms with van der Waals surface area (Å²) in [5.74, 6) is 3.80. The second kappa shape index (κ2) is 7.25. The van der Waals surface area contributed by atoms with Crippen molar-refractivity contribution in [2.45, 2.75) is 48.2 Å². The van der Waals surface area contributed by atoms with Gasteiger partial charge in [-0.1, -0.05) is 12.1 Å². The van der Waals surface area contributed by atoms with Gasteiger partial charge in [-0.15, -0.1) is 23.5 Å². The Bertz CT molecular complexity index is 662. The molecule has 1 amide bonds. The Morgan fingerprint density at radius 2 is 1.80 bits per heavy atom. The number of rotatable bonds is 6. The molecule has 5 heteroatoms. The van der Waals surface area contributed by atoms with Crippen molar-refractivity contribution in [2.24, 2.45) is 17.8 Å². The molecule has 4 aliphatic rings. The molecule has 0 aromatic heterocycles. The molecule has 5 rings (SSSR count). The molecule has 4 saturated carbocycles. The van der Waals surface area contributed by atoms with Gasteiger partial charge < -0.3 is 5.32 Å². The van der Waals surface area contributed by atoms with E-state index in [1.165, 1.54) is 50.3 Å². The van der Waals surface area contributed by atoms with Gasteiger partial charge in [0.25, 0.3) is 0 Å². The second-order valence-corrected chi connectivity index (χ2v) is 10.3. The van der Waals surface area contributed by atoms with E-state index in [2.05, 4.69) is 11.4 Å². The van der Waals surface area contributed by atoms with Gasteiger partial charge in [-0.3, -0.25) is 4.79 Å². The molecule has 0 spiro atoms. The summed E-state index contributed by atoms with van der Waals surface area (Å²) in [7, 11) is 0. The maximum atomic E-state index is 12.5. The average Bonchev–Trinajstić information content (AvgIpc) is 2.58. The molecule has 0 atom stereocenters. The lowest BCUT2D eigenvalue weighted by Crippen LogP contribution is -2.49. The third-order valence-electron chi connectivity index (χ3n) is 5.94. The van der Waals surface area contributed by atoms with E-state index in [0.717, 1.165) is 28.3 Å². The highest BCUT2D eigenvalue weighted by atomic mass is 32.2. The van der Waals surface area contributed by atoms with Crippen LogP contribution in [0.25, 0.3) is 0 Å². The molecule has 0 unspecified atom stereocenters. The first kappa shape index (κ1) is 17.3. The van der Waals surface area contributed by atoms with Crippen molar-refractivity contribution in [1.29, 1.82) is 5.26 Å². The largest absolute Gasteiger partial charge is 0.324 e. The van der Waals surface area contributed by atoms with Crippen LogP contribution in [0.4, 0.5) is 5.69 Å². The van der Waals surface area contributed by atoms with Crippen molar-refractivity contribution in [3.63, 3.8) is 0 Å². The topological polar surface area (TPSA) is 52.9 Å². The first-order valence-electron chi connectivity index (χ1n) is 9.18. The Morgan fingerprint density at radius 3 is 2.44 bits per heavy atom. The number of thioether (sulfide) groups is 2. The lowest BCUT2D eigenvalue weighted by Gasteiger charge is -2.56. The Hall–Kier alpha value is -1.12. The maximum Gasteiger partial charge on any atom is 0.234 e. The lowest BCUT2D eigenvalue weighted by atomic mass is 9.56. The summed E-state index contributed by atoms with van der Waals surface area (Å²) < 4.78 is 0.376. The van der Waals surface area contributed by atoms with Crippen LogP contribution >= 0.6 is 23.5 Å². The van der Waals surface area contributed by atoms with E-state index in [4.69, 9.17) is 5.26 Å². The van der Waals surface area contributed by atoms with E-state index in [0.29, 0.717) is 16.3 Å². The van der Waals surface area contributed by atoms with E-state index in [-0.39, 0.29) is 5.91 Å². The minimum atomic E-state index is 0.0887. The third kappa shape index (κ3) is 3.85. The molecule has 4 fully saturated rings. The average molecular weight is 373 g/mol. The van der Waals surface area contributed by atoms with Gasteiger partial charge in [0.2, 0.25) is 5.91 Å².